The van der Waals surface area contributed by atoms with Crippen LogP contribution in [0.3, 0.4) is 0 Å². The van der Waals surface area contributed by atoms with E-state index in [9.17, 15) is 4.79 Å². The van der Waals surface area contributed by atoms with E-state index in [2.05, 4.69) is 0 Å². The third-order valence-electron chi connectivity index (χ3n) is 2.68. The average molecular weight is 287 g/mol. The van der Waals surface area contributed by atoms with Crippen molar-refractivity contribution in [1.29, 1.82) is 0 Å². The van der Waals surface area contributed by atoms with Crippen LogP contribution in [0.2, 0.25) is 0 Å². The summed E-state index contributed by atoms with van der Waals surface area (Å²) in [6.07, 6.45) is 0. The van der Waals surface area contributed by atoms with Gasteiger partial charge in [0.25, 0.3) is 0 Å². The zero-order chi connectivity index (χ0) is 14.5. The summed E-state index contributed by atoms with van der Waals surface area (Å²) >= 11 is 0. The molecule has 2 aromatic rings. The zero-order valence-corrected chi connectivity index (χ0v) is 11.1. The molecule has 0 atom stereocenters. The molecule has 0 unspecified atom stereocenters. The Balaban J connectivity index is 1.69. The fourth-order valence-corrected chi connectivity index (χ4v) is 1.75. The second kappa shape index (κ2) is 6.36. The van der Waals surface area contributed by atoms with Crippen LogP contribution in [0.1, 0.15) is 10.4 Å². The molecule has 3 rings (SSSR count). The lowest BCUT2D eigenvalue weighted by atomic mass is 10.2. The summed E-state index contributed by atoms with van der Waals surface area (Å²) in [5, 5.41) is 0.715. The second-order valence-electron chi connectivity index (χ2n) is 4.21. The maximum atomic E-state index is 11.9. The minimum atomic E-state index is -0.588. The standard InChI is InChI=1S/C15H13NO5/c17-15(21-16-18-9-10-19-16)12-5-4-8-14(11-12)20-13-6-2-1-3-7-13/h1-8,11H,9-10H2. The summed E-state index contributed by atoms with van der Waals surface area (Å²) in [4.78, 5) is 26.6. The van der Waals surface area contributed by atoms with Gasteiger partial charge in [0.05, 0.1) is 5.56 Å². The molecule has 0 spiro atoms. The van der Waals surface area contributed by atoms with Gasteiger partial charge in [0.1, 0.15) is 30.1 Å². The fourth-order valence-electron chi connectivity index (χ4n) is 1.75. The van der Waals surface area contributed by atoms with Gasteiger partial charge in [0, 0.05) is 0 Å². The molecule has 2 aromatic carbocycles. The molecule has 1 heterocycles. The van der Waals surface area contributed by atoms with E-state index in [4.69, 9.17) is 19.2 Å². The smallest absolute Gasteiger partial charge is 0.362 e. The van der Waals surface area contributed by atoms with Crippen LogP contribution in [0.25, 0.3) is 0 Å². The predicted molar refractivity (Wildman–Crippen MR) is 72.1 cm³/mol. The SMILES string of the molecule is O=C(ON1OCCO1)c1cccc(Oc2ccccc2)c1. The van der Waals surface area contributed by atoms with Crippen LogP contribution < -0.4 is 4.74 Å². The van der Waals surface area contributed by atoms with Gasteiger partial charge in [0.2, 0.25) is 0 Å². The van der Waals surface area contributed by atoms with E-state index in [-0.39, 0.29) is 0 Å². The largest absolute Gasteiger partial charge is 0.457 e. The number of ether oxygens (including phenoxy) is 1. The van der Waals surface area contributed by atoms with Gasteiger partial charge in [-0.05, 0) is 30.3 Å². The van der Waals surface area contributed by atoms with Gasteiger partial charge < -0.3 is 9.57 Å². The van der Waals surface area contributed by atoms with Crippen molar-refractivity contribution in [3.8, 4) is 11.5 Å². The van der Waals surface area contributed by atoms with Crippen molar-refractivity contribution in [3.63, 3.8) is 0 Å². The Morgan fingerprint density at radius 1 is 0.952 bits per heavy atom. The highest BCUT2D eigenvalue weighted by Gasteiger charge is 2.20. The molecular weight excluding hydrogens is 274 g/mol. The van der Waals surface area contributed by atoms with E-state index >= 15 is 0 Å². The van der Waals surface area contributed by atoms with Crippen molar-refractivity contribution >= 4 is 5.97 Å². The van der Waals surface area contributed by atoms with Crippen molar-refractivity contribution in [2.75, 3.05) is 13.2 Å². The molecule has 0 amide bonds. The number of hydrogen-bond acceptors (Lipinski definition) is 6. The lowest BCUT2D eigenvalue weighted by Gasteiger charge is -2.11. The number of benzene rings is 2. The molecule has 1 aliphatic heterocycles. The zero-order valence-electron chi connectivity index (χ0n) is 11.1. The Hall–Kier alpha value is -2.41. The van der Waals surface area contributed by atoms with Gasteiger partial charge in [0.15, 0.2) is 0 Å². The van der Waals surface area contributed by atoms with Crippen LogP contribution in [0.5, 0.6) is 11.5 Å². The van der Waals surface area contributed by atoms with Crippen molar-refractivity contribution in [2.45, 2.75) is 0 Å². The van der Waals surface area contributed by atoms with E-state index in [1.165, 1.54) is 0 Å². The first kappa shape index (κ1) is 13.6. The highest BCUT2D eigenvalue weighted by atomic mass is 17.2. The number of hydrogen-bond donors (Lipinski definition) is 0. The van der Waals surface area contributed by atoms with E-state index < -0.39 is 5.97 Å². The van der Waals surface area contributed by atoms with Crippen molar-refractivity contribution in [2.24, 2.45) is 0 Å². The molecule has 21 heavy (non-hydrogen) atoms. The van der Waals surface area contributed by atoms with Gasteiger partial charge in [-0.3, -0.25) is 0 Å². The van der Waals surface area contributed by atoms with Crippen LogP contribution in [0.4, 0.5) is 0 Å². The first-order valence-electron chi connectivity index (χ1n) is 6.42. The molecule has 1 saturated heterocycles. The number of nitrogens with zero attached hydrogens (tertiary/aromatic N) is 1. The molecule has 0 bridgehead atoms. The second-order valence-corrected chi connectivity index (χ2v) is 4.21. The first-order chi connectivity index (χ1) is 10.3. The molecule has 0 radical (unpaired) electrons. The van der Waals surface area contributed by atoms with E-state index in [1.807, 2.05) is 30.3 Å². The van der Waals surface area contributed by atoms with Crippen molar-refractivity contribution in [3.05, 3.63) is 60.2 Å². The van der Waals surface area contributed by atoms with Crippen LogP contribution in [0.15, 0.2) is 54.6 Å². The summed E-state index contributed by atoms with van der Waals surface area (Å²) in [6, 6.07) is 16.0. The van der Waals surface area contributed by atoms with Crippen LogP contribution in [-0.2, 0) is 14.5 Å². The molecule has 0 aromatic heterocycles. The lowest BCUT2D eigenvalue weighted by Crippen LogP contribution is -2.21. The van der Waals surface area contributed by atoms with Gasteiger partial charge in [-0.15, -0.1) is 0 Å². The van der Waals surface area contributed by atoms with Crippen LogP contribution in [-0.4, -0.2) is 24.6 Å². The number of carbonyl (C=O) groups is 1. The van der Waals surface area contributed by atoms with Gasteiger partial charge in [-0.25, -0.2) is 14.5 Å². The minimum Gasteiger partial charge on any atom is -0.457 e. The third-order valence-corrected chi connectivity index (χ3v) is 2.68. The molecule has 108 valence electrons. The topological polar surface area (TPSA) is 57.2 Å². The normalized spacial score (nSPS) is 14.9. The summed E-state index contributed by atoms with van der Waals surface area (Å²) in [6.45, 7) is 0.703. The molecule has 1 fully saturated rings. The van der Waals surface area contributed by atoms with Crippen molar-refractivity contribution < 1.29 is 24.0 Å². The average Bonchev–Trinajstić information content (AvgIpc) is 3.01. The summed E-state index contributed by atoms with van der Waals surface area (Å²) in [5.41, 5.74) is 0.336. The Labute approximate surface area is 121 Å². The monoisotopic (exact) mass is 287 g/mol. The summed E-state index contributed by atoms with van der Waals surface area (Å²) in [5.74, 6) is 0.642. The van der Waals surface area contributed by atoms with Gasteiger partial charge >= 0.3 is 5.97 Å². The highest BCUT2D eigenvalue weighted by Crippen LogP contribution is 2.22. The minimum absolute atomic E-state index is 0.336. The van der Waals surface area contributed by atoms with E-state index in [1.54, 1.807) is 24.3 Å². The lowest BCUT2D eigenvalue weighted by molar-refractivity contribution is -0.455. The molecule has 0 aliphatic carbocycles. The van der Waals surface area contributed by atoms with Crippen molar-refractivity contribution in [1.82, 2.24) is 5.39 Å². The van der Waals surface area contributed by atoms with E-state index in [0.717, 1.165) is 0 Å². The van der Waals surface area contributed by atoms with Crippen LogP contribution in [0, 0.1) is 0 Å². The molecule has 6 heteroatoms. The maximum absolute atomic E-state index is 11.9. The number of rotatable bonds is 4. The third kappa shape index (κ3) is 3.57. The summed E-state index contributed by atoms with van der Waals surface area (Å²) in [7, 11) is 0. The first-order valence-corrected chi connectivity index (χ1v) is 6.42. The number of para-hydroxylation sites is 1. The molecule has 6 nitrogen and oxygen atoms in total. The predicted octanol–water partition coefficient (Wildman–Crippen LogP) is 2.73. The Bertz CT molecular complexity index is 610. The van der Waals surface area contributed by atoms with Gasteiger partial charge in [-0.2, -0.15) is 0 Å². The molecule has 0 saturated carbocycles. The highest BCUT2D eigenvalue weighted by molar-refractivity contribution is 5.89. The molecular formula is C15H13NO5. The Morgan fingerprint density at radius 3 is 2.43 bits per heavy atom. The quantitative estimate of drug-likeness (QED) is 0.861. The summed E-state index contributed by atoms with van der Waals surface area (Å²) < 4.78 is 5.66. The van der Waals surface area contributed by atoms with E-state index in [0.29, 0.717) is 35.7 Å². The molecule has 1 aliphatic rings. The Morgan fingerprint density at radius 2 is 1.67 bits per heavy atom. The maximum Gasteiger partial charge on any atom is 0.362 e. The Kier molecular flexibility index (Phi) is 4.11. The fraction of sp³-hybridized carbons (Fsp3) is 0.133. The molecule has 0 N–H and O–H groups in total. The van der Waals surface area contributed by atoms with Crippen LogP contribution >= 0.6 is 0 Å². The van der Waals surface area contributed by atoms with Gasteiger partial charge in [-0.1, -0.05) is 24.3 Å². The number of carbonyl (C=O) groups excluding carboxylic acids is 1.